The molecule has 1 amide bonds. The second-order valence-corrected chi connectivity index (χ2v) is 7.50. The largest absolute Gasteiger partial charge is 0.497 e. The van der Waals surface area contributed by atoms with Crippen molar-refractivity contribution in [1.82, 2.24) is 20.1 Å². The summed E-state index contributed by atoms with van der Waals surface area (Å²) in [5, 5.41) is 9.67. The van der Waals surface area contributed by atoms with E-state index in [0.717, 1.165) is 35.7 Å². The quantitative estimate of drug-likeness (QED) is 0.676. The second-order valence-electron chi connectivity index (χ2n) is 7.50. The number of benzene rings is 1. The Morgan fingerprint density at radius 3 is 2.67 bits per heavy atom. The van der Waals surface area contributed by atoms with Crippen LogP contribution in [0.5, 0.6) is 5.75 Å². The fourth-order valence-corrected chi connectivity index (χ4v) is 3.83. The van der Waals surface area contributed by atoms with Gasteiger partial charge in [-0.2, -0.15) is 5.10 Å². The van der Waals surface area contributed by atoms with Crippen LogP contribution in [0, 0.1) is 6.92 Å². The van der Waals surface area contributed by atoms with Crippen LogP contribution >= 0.6 is 0 Å². The number of carbonyl (C=O) groups excluding carboxylic acids is 1. The minimum absolute atomic E-state index is 0.0234. The van der Waals surface area contributed by atoms with Crippen molar-refractivity contribution in [3.8, 4) is 17.0 Å². The fraction of sp³-hybridized carbons (Fsp3) is 0.318. The van der Waals surface area contributed by atoms with Gasteiger partial charge in [0, 0.05) is 43.6 Å². The Balaban J connectivity index is 1.47. The van der Waals surface area contributed by atoms with Crippen LogP contribution < -0.4 is 20.5 Å². The molecule has 156 valence electrons. The number of amides is 1. The molecule has 0 bridgehead atoms. The molecule has 2 aromatic heterocycles. The monoisotopic (exact) mass is 407 g/mol. The Morgan fingerprint density at radius 2 is 2.00 bits per heavy atom. The third-order valence-corrected chi connectivity index (χ3v) is 5.68. The highest BCUT2D eigenvalue weighted by molar-refractivity contribution is 5.97. The summed E-state index contributed by atoms with van der Waals surface area (Å²) in [6, 6.07) is 12.9. The molecule has 0 aliphatic carbocycles. The molecule has 1 aromatic carbocycles. The van der Waals surface area contributed by atoms with Gasteiger partial charge in [0.2, 0.25) is 0 Å². The first-order valence-electron chi connectivity index (χ1n) is 9.88. The molecule has 3 aromatic rings. The number of aromatic amines is 1. The van der Waals surface area contributed by atoms with Crippen molar-refractivity contribution in [3.63, 3.8) is 0 Å². The first kappa shape index (κ1) is 19.8. The highest BCUT2D eigenvalue weighted by Gasteiger charge is 2.26. The molecular weight excluding hydrogens is 382 g/mol. The average molecular weight is 407 g/mol. The van der Waals surface area contributed by atoms with Crippen LogP contribution in [0.2, 0.25) is 0 Å². The zero-order valence-corrected chi connectivity index (χ0v) is 17.3. The first-order chi connectivity index (χ1) is 14.5. The van der Waals surface area contributed by atoms with E-state index in [-0.39, 0.29) is 17.5 Å². The van der Waals surface area contributed by atoms with E-state index in [1.54, 1.807) is 13.2 Å². The van der Waals surface area contributed by atoms with Gasteiger partial charge in [-0.1, -0.05) is 0 Å². The van der Waals surface area contributed by atoms with Gasteiger partial charge in [-0.15, -0.1) is 0 Å². The molecule has 8 heteroatoms. The lowest BCUT2D eigenvalue weighted by molar-refractivity contribution is 0.0939. The van der Waals surface area contributed by atoms with Gasteiger partial charge < -0.3 is 19.5 Å². The highest BCUT2D eigenvalue weighted by atomic mass is 16.5. The first-order valence-corrected chi connectivity index (χ1v) is 9.88. The lowest BCUT2D eigenvalue weighted by Crippen LogP contribution is -2.37. The normalized spacial score (nSPS) is 16.0. The van der Waals surface area contributed by atoms with Crippen molar-refractivity contribution in [2.24, 2.45) is 7.05 Å². The SMILES string of the molecule is COc1ccc(-c2cc(C(=O)NC3CCN(c4ccc(=O)[nH]n4)C3)c(C)n2C)cc1. The summed E-state index contributed by atoms with van der Waals surface area (Å²) in [6.45, 7) is 3.38. The number of nitrogens with zero attached hydrogens (tertiary/aromatic N) is 3. The van der Waals surface area contributed by atoms with E-state index < -0.39 is 0 Å². The summed E-state index contributed by atoms with van der Waals surface area (Å²) in [7, 11) is 3.60. The molecule has 1 saturated heterocycles. The predicted molar refractivity (Wildman–Crippen MR) is 115 cm³/mol. The van der Waals surface area contributed by atoms with Crippen LogP contribution in [0.4, 0.5) is 5.82 Å². The van der Waals surface area contributed by atoms with Crippen LogP contribution in [-0.2, 0) is 7.05 Å². The number of hydrogen-bond donors (Lipinski definition) is 2. The molecule has 1 aliphatic rings. The number of anilines is 1. The van der Waals surface area contributed by atoms with Gasteiger partial charge in [-0.25, -0.2) is 5.10 Å². The van der Waals surface area contributed by atoms with Gasteiger partial charge in [-0.3, -0.25) is 9.59 Å². The van der Waals surface area contributed by atoms with Crippen LogP contribution in [0.25, 0.3) is 11.3 Å². The molecule has 1 fully saturated rings. The van der Waals surface area contributed by atoms with E-state index in [9.17, 15) is 9.59 Å². The molecule has 0 radical (unpaired) electrons. The van der Waals surface area contributed by atoms with Gasteiger partial charge >= 0.3 is 0 Å². The van der Waals surface area contributed by atoms with Crippen LogP contribution in [0.3, 0.4) is 0 Å². The Kier molecular flexibility index (Phi) is 5.31. The number of H-pyrrole nitrogens is 1. The molecule has 30 heavy (non-hydrogen) atoms. The molecule has 8 nitrogen and oxygen atoms in total. The minimum Gasteiger partial charge on any atom is -0.497 e. The van der Waals surface area contributed by atoms with Crippen LogP contribution in [0.1, 0.15) is 22.5 Å². The molecule has 1 atom stereocenters. The minimum atomic E-state index is -0.227. The predicted octanol–water partition coefficient (Wildman–Crippen LogP) is 2.10. The Hall–Kier alpha value is -3.55. The lowest BCUT2D eigenvalue weighted by Gasteiger charge is -2.17. The molecule has 0 saturated carbocycles. The van der Waals surface area contributed by atoms with Gasteiger partial charge in [0.25, 0.3) is 11.5 Å². The molecular formula is C22H25N5O3. The number of methoxy groups -OCH3 is 1. The Morgan fingerprint density at radius 1 is 1.23 bits per heavy atom. The van der Waals surface area contributed by atoms with Crippen molar-refractivity contribution in [3.05, 3.63) is 64.1 Å². The zero-order chi connectivity index (χ0) is 21.3. The smallest absolute Gasteiger partial charge is 0.264 e. The third kappa shape index (κ3) is 3.80. The molecule has 3 heterocycles. The van der Waals surface area contributed by atoms with Crippen molar-refractivity contribution in [2.75, 3.05) is 25.1 Å². The molecule has 4 rings (SSSR count). The summed E-state index contributed by atoms with van der Waals surface area (Å²) >= 11 is 0. The van der Waals surface area contributed by atoms with Crippen LogP contribution in [0.15, 0.2) is 47.3 Å². The van der Waals surface area contributed by atoms with Crippen LogP contribution in [-0.4, -0.2) is 46.9 Å². The van der Waals surface area contributed by atoms with Gasteiger partial charge in [0.05, 0.1) is 12.7 Å². The summed E-state index contributed by atoms with van der Waals surface area (Å²) in [6.07, 6.45) is 0.823. The molecule has 2 N–H and O–H groups in total. The molecule has 0 spiro atoms. The van der Waals surface area contributed by atoms with Crippen molar-refractivity contribution in [1.29, 1.82) is 0 Å². The number of carbonyl (C=O) groups is 1. The van der Waals surface area contributed by atoms with Crippen molar-refractivity contribution < 1.29 is 9.53 Å². The number of nitrogens with one attached hydrogen (secondary N) is 2. The molecule has 1 unspecified atom stereocenters. The second kappa shape index (κ2) is 8.06. The van der Waals surface area contributed by atoms with Gasteiger partial charge in [0.15, 0.2) is 0 Å². The summed E-state index contributed by atoms with van der Waals surface area (Å²) < 4.78 is 7.26. The Bertz CT molecular complexity index is 1100. The number of hydrogen-bond acceptors (Lipinski definition) is 5. The standard InChI is InChI=1S/C22H25N5O3/c1-14-18(12-19(26(14)2)15-4-6-17(30-3)7-5-15)22(29)23-16-10-11-27(13-16)20-8-9-21(28)25-24-20/h4-9,12,16H,10-11,13H2,1-3H3,(H,23,29)(H,25,28). The Labute approximate surface area is 174 Å². The number of aromatic nitrogens is 3. The maximum atomic E-state index is 13.0. The highest BCUT2D eigenvalue weighted by Crippen LogP contribution is 2.27. The van der Waals surface area contributed by atoms with E-state index >= 15 is 0 Å². The summed E-state index contributed by atoms with van der Waals surface area (Å²) in [4.78, 5) is 26.2. The summed E-state index contributed by atoms with van der Waals surface area (Å²) in [5.74, 6) is 1.43. The van der Waals surface area contributed by atoms with Gasteiger partial charge in [0.1, 0.15) is 11.6 Å². The summed E-state index contributed by atoms with van der Waals surface area (Å²) in [5.41, 5.74) is 3.36. The third-order valence-electron chi connectivity index (χ3n) is 5.68. The van der Waals surface area contributed by atoms with E-state index in [2.05, 4.69) is 20.4 Å². The zero-order valence-electron chi connectivity index (χ0n) is 17.3. The van der Waals surface area contributed by atoms with E-state index in [1.807, 2.05) is 48.9 Å². The maximum Gasteiger partial charge on any atom is 0.264 e. The number of ether oxygens (including phenoxy) is 1. The van der Waals surface area contributed by atoms with Gasteiger partial charge in [-0.05, 0) is 55.3 Å². The van der Waals surface area contributed by atoms with Crippen molar-refractivity contribution >= 4 is 11.7 Å². The maximum absolute atomic E-state index is 13.0. The fourth-order valence-electron chi connectivity index (χ4n) is 3.83. The molecule has 1 aliphatic heterocycles. The number of rotatable bonds is 5. The van der Waals surface area contributed by atoms with E-state index in [0.29, 0.717) is 17.9 Å². The van der Waals surface area contributed by atoms with E-state index in [1.165, 1.54) is 6.07 Å². The lowest BCUT2D eigenvalue weighted by atomic mass is 10.1. The van der Waals surface area contributed by atoms with E-state index in [4.69, 9.17) is 4.74 Å². The average Bonchev–Trinajstić information content (AvgIpc) is 3.34. The topological polar surface area (TPSA) is 92.2 Å². The van der Waals surface area contributed by atoms with Crippen molar-refractivity contribution in [2.45, 2.75) is 19.4 Å².